The smallest absolute Gasteiger partial charge is 0.238 e. The molecular formula is C17H26N2O2. The van der Waals surface area contributed by atoms with Crippen LogP contribution in [0.3, 0.4) is 0 Å². The summed E-state index contributed by atoms with van der Waals surface area (Å²) in [4.78, 5) is 14.3. The topological polar surface area (TPSA) is 52.6 Å². The molecule has 0 aliphatic heterocycles. The van der Waals surface area contributed by atoms with Gasteiger partial charge in [-0.2, -0.15) is 0 Å². The number of carbonyl (C=O) groups is 1. The van der Waals surface area contributed by atoms with Crippen LogP contribution in [0.1, 0.15) is 39.2 Å². The number of amides is 1. The molecule has 0 bridgehead atoms. The van der Waals surface area contributed by atoms with E-state index in [2.05, 4.69) is 37.1 Å². The van der Waals surface area contributed by atoms with E-state index in [1.165, 1.54) is 0 Å². The van der Waals surface area contributed by atoms with Gasteiger partial charge in [0.05, 0.1) is 13.2 Å². The second kappa shape index (κ2) is 6.58. The fraction of sp³-hybridized carbons (Fsp3) is 0.588. The molecule has 4 heteroatoms. The van der Waals surface area contributed by atoms with Crippen molar-refractivity contribution in [2.45, 2.75) is 45.1 Å². The van der Waals surface area contributed by atoms with Crippen LogP contribution >= 0.6 is 0 Å². The predicted molar refractivity (Wildman–Crippen MR) is 85.5 cm³/mol. The fourth-order valence-corrected chi connectivity index (χ4v) is 2.58. The number of benzene rings is 1. The highest BCUT2D eigenvalue weighted by molar-refractivity contribution is 5.93. The summed E-state index contributed by atoms with van der Waals surface area (Å²) in [5, 5.41) is 12.1. The molecule has 0 atom stereocenters. The highest BCUT2D eigenvalue weighted by atomic mass is 16.3. The summed E-state index contributed by atoms with van der Waals surface area (Å²) >= 11 is 0. The van der Waals surface area contributed by atoms with Gasteiger partial charge in [-0.3, -0.25) is 9.69 Å². The van der Waals surface area contributed by atoms with Crippen LogP contribution in [0.4, 0.5) is 5.69 Å². The van der Waals surface area contributed by atoms with E-state index in [1.54, 1.807) is 0 Å². The Hall–Kier alpha value is -1.39. The van der Waals surface area contributed by atoms with Crippen molar-refractivity contribution in [1.82, 2.24) is 4.90 Å². The molecule has 1 aromatic rings. The highest BCUT2D eigenvalue weighted by Gasteiger charge is 2.30. The standard InChI is InChI=1S/C17H26N2O2/c1-17(2,3)14-6-4-5-7-15(14)18-16(21)12-19(10-11-20)13-8-9-13/h4-7,13,20H,8-12H2,1-3H3,(H,18,21). The Labute approximate surface area is 127 Å². The van der Waals surface area contributed by atoms with Crippen molar-refractivity contribution in [3.63, 3.8) is 0 Å². The summed E-state index contributed by atoms with van der Waals surface area (Å²) in [6, 6.07) is 8.42. The van der Waals surface area contributed by atoms with E-state index in [4.69, 9.17) is 5.11 Å². The Morgan fingerprint density at radius 1 is 1.33 bits per heavy atom. The van der Waals surface area contributed by atoms with Gasteiger partial charge in [0.2, 0.25) is 5.91 Å². The van der Waals surface area contributed by atoms with Crippen molar-refractivity contribution in [3.8, 4) is 0 Å². The van der Waals surface area contributed by atoms with Gasteiger partial charge in [0.15, 0.2) is 0 Å². The molecule has 116 valence electrons. The maximum Gasteiger partial charge on any atom is 0.238 e. The van der Waals surface area contributed by atoms with Crippen LogP contribution < -0.4 is 5.32 Å². The number of aliphatic hydroxyl groups excluding tert-OH is 1. The summed E-state index contributed by atoms with van der Waals surface area (Å²) in [5.41, 5.74) is 2.01. The number of hydrogen-bond acceptors (Lipinski definition) is 3. The molecule has 0 heterocycles. The zero-order chi connectivity index (χ0) is 15.5. The Morgan fingerprint density at radius 2 is 2.00 bits per heavy atom. The first-order valence-corrected chi connectivity index (χ1v) is 7.66. The summed E-state index contributed by atoms with van der Waals surface area (Å²) in [5.74, 6) is -0.00736. The van der Waals surface area contributed by atoms with Crippen LogP contribution in [-0.2, 0) is 10.2 Å². The number of hydrogen-bond donors (Lipinski definition) is 2. The predicted octanol–water partition coefficient (Wildman–Crippen LogP) is 2.38. The van der Waals surface area contributed by atoms with E-state index in [0.717, 1.165) is 24.1 Å². The molecule has 2 rings (SSSR count). The number of rotatable bonds is 6. The average molecular weight is 290 g/mol. The number of aliphatic hydroxyl groups is 1. The second-order valence-electron chi connectivity index (χ2n) is 6.77. The molecule has 0 unspecified atom stereocenters. The number of nitrogens with zero attached hydrogens (tertiary/aromatic N) is 1. The molecule has 21 heavy (non-hydrogen) atoms. The van der Waals surface area contributed by atoms with E-state index in [1.807, 2.05) is 18.2 Å². The van der Waals surface area contributed by atoms with E-state index in [9.17, 15) is 4.79 Å². The average Bonchev–Trinajstić information content (AvgIpc) is 3.21. The minimum absolute atomic E-state index is 0.00736. The monoisotopic (exact) mass is 290 g/mol. The summed E-state index contributed by atoms with van der Waals surface area (Å²) in [6.45, 7) is 7.44. The molecule has 0 radical (unpaired) electrons. The molecule has 1 aliphatic carbocycles. The zero-order valence-corrected chi connectivity index (χ0v) is 13.2. The Balaban J connectivity index is 2.02. The molecule has 0 spiro atoms. The minimum atomic E-state index is -0.00878. The summed E-state index contributed by atoms with van der Waals surface area (Å²) in [6.07, 6.45) is 2.26. The third-order valence-electron chi connectivity index (χ3n) is 3.81. The van der Waals surface area contributed by atoms with Crippen molar-refractivity contribution < 1.29 is 9.90 Å². The van der Waals surface area contributed by atoms with Gasteiger partial charge in [-0.25, -0.2) is 0 Å². The number of para-hydroxylation sites is 1. The Bertz CT molecular complexity index is 490. The SMILES string of the molecule is CC(C)(C)c1ccccc1NC(=O)CN(CCO)C1CC1. The van der Waals surface area contributed by atoms with Crippen LogP contribution in [0.25, 0.3) is 0 Å². The highest BCUT2D eigenvalue weighted by Crippen LogP contribution is 2.30. The van der Waals surface area contributed by atoms with Gasteiger partial charge < -0.3 is 10.4 Å². The summed E-state index contributed by atoms with van der Waals surface area (Å²) in [7, 11) is 0. The van der Waals surface area contributed by atoms with Crippen LogP contribution in [0.15, 0.2) is 24.3 Å². The van der Waals surface area contributed by atoms with Gasteiger partial charge in [-0.15, -0.1) is 0 Å². The van der Waals surface area contributed by atoms with Gasteiger partial charge in [0.25, 0.3) is 0 Å². The molecule has 1 saturated carbocycles. The largest absolute Gasteiger partial charge is 0.395 e. The molecule has 1 aliphatic rings. The van der Waals surface area contributed by atoms with E-state index >= 15 is 0 Å². The number of nitrogens with one attached hydrogen (secondary N) is 1. The molecule has 2 N–H and O–H groups in total. The molecule has 4 nitrogen and oxygen atoms in total. The first kappa shape index (κ1) is 16.0. The van der Waals surface area contributed by atoms with E-state index in [-0.39, 0.29) is 17.9 Å². The third kappa shape index (κ3) is 4.55. The number of carbonyl (C=O) groups excluding carboxylic acids is 1. The van der Waals surface area contributed by atoms with Crippen molar-refractivity contribution in [3.05, 3.63) is 29.8 Å². The van der Waals surface area contributed by atoms with Gasteiger partial charge in [0, 0.05) is 18.3 Å². The Kier molecular flexibility index (Phi) is 5.01. The Morgan fingerprint density at radius 3 is 2.57 bits per heavy atom. The van der Waals surface area contributed by atoms with Gasteiger partial charge in [-0.05, 0) is 29.9 Å². The lowest BCUT2D eigenvalue weighted by Crippen LogP contribution is -2.37. The maximum absolute atomic E-state index is 12.3. The lowest BCUT2D eigenvalue weighted by molar-refractivity contribution is -0.117. The van der Waals surface area contributed by atoms with Crippen molar-refractivity contribution in [2.24, 2.45) is 0 Å². The molecular weight excluding hydrogens is 264 g/mol. The lowest BCUT2D eigenvalue weighted by atomic mass is 9.86. The van der Waals surface area contributed by atoms with Gasteiger partial charge in [-0.1, -0.05) is 39.0 Å². The maximum atomic E-state index is 12.3. The van der Waals surface area contributed by atoms with Gasteiger partial charge in [0.1, 0.15) is 0 Å². The quantitative estimate of drug-likeness (QED) is 0.846. The third-order valence-corrected chi connectivity index (χ3v) is 3.81. The van der Waals surface area contributed by atoms with Crippen LogP contribution in [-0.4, -0.2) is 41.7 Å². The zero-order valence-electron chi connectivity index (χ0n) is 13.2. The van der Waals surface area contributed by atoms with Crippen molar-refractivity contribution in [2.75, 3.05) is 25.0 Å². The minimum Gasteiger partial charge on any atom is -0.395 e. The van der Waals surface area contributed by atoms with Crippen molar-refractivity contribution in [1.29, 1.82) is 0 Å². The lowest BCUT2D eigenvalue weighted by Gasteiger charge is -2.24. The van der Waals surface area contributed by atoms with Crippen LogP contribution in [0, 0.1) is 0 Å². The van der Waals surface area contributed by atoms with Crippen LogP contribution in [0.5, 0.6) is 0 Å². The molecule has 0 saturated heterocycles. The number of anilines is 1. The van der Waals surface area contributed by atoms with Gasteiger partial charge >= 0.3 is 0 Å². The first-order chi connectivity index (χ1) is 9.91. The van der Waals surface area contributed by atoms with E-state index < -0.39 is 0 Å². The second-order valence-corrected chi connectivity index (χ2v) is 6.77. The normalized spacial score (nSPS) is 15.3. The molecule has 1 amide bonds. The van der Waals surface area contributed by atoms with Crippen LogP contribution in [0.2, 0.25) is 0 Å². The molecule has 0 aromatic heterocycles. The first-order valence-electron chi connectivity index (χ1n) is 7.66. The summed E-state index contributed by atoms with van der Waals surface area (Å²) < 4.78 is 0. The fourth-order valence-electron chi connectivity index (χ4n) is 2.58. The molecule has 1 fully saturated rings. The van der Waals surface area contributed by atoms with E-state index in [0.29, 0.717) is 19.1 Å². The molecule has 1 aromatic carbocycles. The van der Waals surface area contributed by atoms with Crippen molar-refractivity contribution >= 4 is 11.6 Å².